The lowest BCUT2D eigenvalue weighted by Crippen LogP contribution is -2.03. The molecule has 0 aliphatic heterocycles. The van der Waals surface area contributed by atoms with E-state index in [0.717, 1.165) is 0 Å². The third-order valence-corrected chi connectivity index (χ3v) is 1.56. The van der Waals surface area contributed by atoms with E-state index in [1.165, 1.54) is 0 Å². The Morgan fingerprint density at radius 2 is 2.31 bits per heavy atom. The van der Waals surface area contributed by atoms with Crippen LogP contribution in [0.2, 0.25) is 5.15 Å². The van der Waals surface area contributed by atoms with Crippen molar-refractivity contribution in [2.24, 2.45) is 5.18 Å². The Kier molecular flexibility index (Phi) is 2.97. The van der Waals surface area contributed by atoms with Gasteiger partial charge in [0.05, 0.1) is 0 Å². The third kappa shape index (κ3) is 2.03. The maximum atomic E-state index is 10.3. The first kappa shape index (κ1) is 9.66. The number of hydrogen-bond acceptors (Lipinski definition) is 6. The molecule has 0 radical (unpaired) electrons. The Morgan fingerprint density at radius 1 is 1.62 bits per heavy atom. The Morgan fingerprint density at radius 3 is 2.85 bits per heavy atom. The van der Waals surface area contributed by atoms with Crippen molar-refractivity contribution in [2.45, 2.75) is 6.92 Å². The minimum Gasteiger partial charge on any atom is -0.368 e. The monoisotopic (exact) mass is 201 g/mol. The van der Waals surface area contributed by atoms with Gasteiger partial charge in [0.25, 0.3) is 0 Å². The Labute approximate surface area is 79.5 Å². The molecule has 7 heteroatoms. The number of anilines is 2. The van der Waals surface area contributed by atoms with E-state index in [1.54, 1.807) is 0 Å². The predicted molar refractivity (Wildman–Crippen MR) is 51.1 cm³/mol. The van der Waals surface area contributed by atoms with Crippen LogP contribution in [0.15, 0.2) is 5.18 Å². The normalized spacial score (nSPS) is 9.69. The number of halogens is 1. The number of rotatable bonds is 3. The third-order valence-electron chi connectivity index (χ3n) is 1.29. The summed E-state index contributed by atoms with van der Waals surface area (Å²) in [4.78, 5) is 17.7. The van der Waals surface area contributed by atoms with Crippen molar-refractivity contribution < 1.29 is 0 Å². The molecule has 0 unspecified atom stereocenters. The van der Waals surface area contributed by atoms with Crippen molar-refractivity contribution >= 4 is 29.1 Å². The van der Waals surface area contributed by atoms with Crippen LogP contribution in [0.3, 0.4) is 0 Å². The Balaban J connectivity index is 3.20. The molecule has 1 heterocycles. The van der Waals surface area contributed by atoms with Crippen molar-refractivity contribution in [3.8, 4) is 0 Å². The van der Waals surface area contributed by atoms with Gasteiger partial charge >= 0.3 is 0 Å². The van der Waals surface area contributed by atoms with Crippen LogP contribution >= 0.6 is 11.6 Å². The maximum Gasteiger partial charge on any atom is 0.223 e. The average molecular weight is 202 g/mol. The van der Waals surface area contributed by atoms with Gasteiger partial charge in [-0.3, -0.25) is 0 Å². The van der Waals surface area contributed by atoms with E-state index in [2.05, 4.69) is 20.5 Å². The standard InChI is InChI=1S/C6H8ClN5O/c1-2-9-5-3(12-13)4(7)10-6(8)11-5/h2H2,1H3,(H3,8,9,10,11). The molecule has 6 nitrogen and oxygen atoms in total. The second-order valence-electron chi connectivity index (χ2n) is 2.19. The van der Waals surface area contributed by atoms with Gasteiger partial charge in [0.1, 0.15) is 0 Å². The summed E-state index contributed by atoms with van der Waals surface area (Å²) in [6.07, 6.45) is 0. The second kappa shape index (κ2) is 3.99. The van der Waals surface area contributed by atoms with Gasteiger partial charge in [0.2, 0.25) is 5.95 Å². The highest BCUT2D eigenvalue weighted by molar-refractivity contribution is 6.32. The molecule has 0 saturated heterocycles. The van der Waals surface area contributed by atoms with Crippen LogP contribution in [0.25, 0.3) is 0 Å². The van der Waals surface area contributed by atoms with Gasteiger partial charge in [-0.2, -0.15) is 9.97 Å². The summed E-state index contributed by atoms with van der Waals surface area (Å²) in [5.74, 6) is 0.267. The lowest BCUT2D eigenvalue weighted by atomic mass is 10.4. The fraction of sp³-hybridized carbons (Fsp3) is 0.333. The predicted octanol–water partition coefficient (Wildman–Crippen LogP) is 1.54. The molecular formula is C6H8ClN5O. The fourth-order valence-corrected chi connectivity index (χ4v) is 1.03. The first-order valence-electron chi connectivity index (χ1n) is 3.59. The molecular weight excluding hydrogens is 194 g/mol. The number of nitrogens with zero attached hydrogens (tertiary/aromatic N) is 3. The molecule has 1 aromatic rings. The first-order chi connectivity index (χ1) is 6.19. The van der Waals surface area contributed by atoms with E-state index < -0.39 is 0 Å². The molecule has 0 saturated carbocycles. The molecule has 0 aromatic carbocycles. The highest BCUT2D eigenvalue weighted by atomic mass is 35.5. The first-order valence-corrected chi connectivity index (χ1v) is 3.97. The molecule has 0 fully saturated rings. The average Bonchev–Trinajstić information content (AvgIpc) is 2.04. The van der Waals surface area contributed by atoms with Crippen LogP contribution in [0.1, 0.15) is 6.92 Å². The smallest absolute Gasteiger partial charge is 0.223 e. The zero-order valence-electron chi connectivity index (χ0n) is 6.91. The van der Waals surface area contributed by atoms with E-state index in [4.69, 9.17) is 17.3 Å². The number of nitrogens with one attached hydrogen (secondary N) is 1. The molecule has 1 rings (SSSR count). The molecule has 70 valence electrons. The van der Waals surface area contributed by atoms with E-state index in [-0.39, 0.29) is 22.6 Å². The van der Waals surface area contributed by atoms with Gasteiger partial charge in [-0.05, 0) is 12.1 Å². The quantitative estimate of drug-likeness (QED) is 0.572. The van der Waals surface area contributed by atoms with E-state index >= 15 is 0 Å². The van der Waals surface area contributed by atoms with Crippen molar-refractivity contribution in [1.29, 1.82) is 0 Å². The highest BCUT2D eigenvalue weighted by Gasteiger charge is 2.11. The minimum absolute atomic E-state index is 0.00773. The van der Waals surface area contributed by atoms with E-state index in [9.17, 15) is 4.91 Å². The van der Waals surface area contributed by atoms with Crippen LogP contribution in [-0.2, 0) is 0 Å². The summed E-state index contributed by atoms with van der Waals surface area (Å²) in [6.45, 7) is 2.44. The topological polar surface area (TPSA) is 93.3 Å². The zero-order valence-corrected chi connectivity index (χ0v) is 7.67. The van der Waals surface area contributed by atoms with E-state index in [1.807, 2.05) is 6.92 Å². The summed E-state index contributed by atoms with van der Waals surface area (Å²) in [5, 5.41) is 5.46. The van der Waals surface area contributed by atoms with E-state index in [0.29, 0.717) is 6.54 Å². The molecule has 0 atom stereocenters. The van der Waals surface area contributed by atoms with Crippen LogP contribution in [-0.4, -0.2) is 16.5 Å². The van der Waals surface area contributed by atoms with Gasteiger partial charge in [0, 0.05) is 6.54 Å². The van der Waals surface area contributed by atoms with Gasteiger partial charge < -0.3 is 11.1 Å². The lowest BCUT2D eigenvalue weighted by molar-refractivity contribution is 1.11. The minimum atomic E-state index is -0.0431. The lowest BCUT2D eigenvalue weighted by Gasteiger charge is -2.05. The summed E-state index contributed by atoms with van der Waals surface area (Å²) < 4.78 is 0. The zero-order chi connectivity index (χ0) is 9.84. The highest BCUT2D eigenvalue weighted by Crippen LogP contribution is 2.30. The van der Waals surface area contributed by atoms with Gasteiger partial charge in [-0.25, -0.2) is 0 Å². The molecule has 3 N–H and O–H groups in total. The van der Waals surface area contributed by atoms with Gasteiger partial charge in [0.15, 0.2) is 16.7 Å². The van der Waals surface area contributed by atoms with Crippen LogP contribution < -0.4 is 11.1 Å². The van der Waals surface area contributed by atoms with Crippen molar-refractivity contribution in [2.75, 3.05) is 17.6 Å². The summed E-state index contributed by atoms with van der Waals surface area (Å²) in [7, 11) is 0. The molecule has 0 amide bonds. The molecule has 0 aliphatic rings. The summed E-state index contributed by atoms with van der Waals surface area (Å²) in [6, 6.07) is 0. The number of nitrogens with two attached hydrogens (primary N) is 1. The van der Waals surface area contributed by atoms with Crippen LogP contribution in [0.5, 0.6) is 0 Å². The number of aromatic nitrogens is 2. The Bertz CT molecular complexity index is 329. The summed E-state index contributed by atoms with van der Waals surface area (Å²) >= 11 is 5.61. The Hall–Kier alpha value is -1.43. The number of hydrogen-bond donors (Lipinski definition) is 2. The maximum absolute atomic E-state index is 10.3. The molecule has 0 spiro atoms. The second-order valence-corrected chi connectivity index (χ2v) is 2.55. The van der Waals surface area contributed by atoms with Crippen LogP contribution in [0.4, 0.5) is 17.5 Å². The molecule has 1 aromatic heterocycles. The van der Waals surface area contributed by atoms with Crippen LogP contribution in [0, 0.1) is 4.91 Å². The number of nitrogen functional groups attached to an aromatic ring is 1. The SMILES string of the molecule is CCNc1nc(N)nc(Cl)c1N=O. The molecule has 13 heavy (non-hydrogen) atoms. The van der Waals surface area contributed by atoms with Crippen molar-refractivity contribution in [3.05, 3.63) is 10.1 Å². The largest absolute Gasteiger partial charge is 0.368 e. The molecule has 0 bridgehead atoms. The van der Waals surface area contributed by atoms with Crippen molar-refractivity contribution in [3.63, 3.8) is 0 Å². The molecule has 0 aliphatic carbocycles. The summed E-state index contributed by atoms with van der Waals surface area (Å²) in [5.41, 5.74) is 5.31. The van der Waals surface area contributed by atoms with Gasteiger partial charge in [-0.15, -0.1) is 4.91 Å². The number of nitroso groups, excluding NO2 is 1. The van der Waals surface area contributed by atoms with Crippen molar-refractivity contribution in [1.82, 2.24) is 9.97 Å². The van der Waals surface area contributed by atoms with Gasteiger partial charge in [-0.1, -0.05) is 11.6 Å². The fourth-order valence-electron chi connectivity index (χ4n) is 0.815.